The average Bonchev–Trinajstić information content (AvgIpc) is 2.83. The van der Waals surface area contributed by atoms with Crippen LogP contribution in [0.25, 0.3) is 16.2 Å². The van der Waals surface area contributed by atoms with Crippen LogP contribution in [0.1, 0.15) is 4.88 Å². The van der Waals surface area contributed by atoms with Crippen LogP contribution in [0.2, 0.25) is 0 Å². The molecule has 0 unspecified atom stereocenters. The van der Waals surface area contributed by atoms with E-state index in [-0.39, 0.29) is 0 Å². The molecule has 0 aliphatic heterocycles. The number of anilines is 1. The number of rotatable bonds is 1. The SMILES string of the molecule is Cc1ccc(-c2cc3ncc(N)cn3n2)s1. The molecule has 3 rings (SSSR count). The van der Waals surface area contributed by atoms with Crippen molar-refractivity contribution in [1.29, 1.82) is 0 Å². The summed E-state index contributed by atoms with van der Waals surface area (Å²) in [7, 11) is 0. The van der Waals surface area contributed by atoms with Crippen LogP contribution in [0.3, 0.4) is 0 Å². The first-order chi connectivity index (χ1) is 7.72. The van der Waals surface area contributed by atoms with Gasteiger partial charge in [0.25, 0.3) is 0 Å². The summed E-state index contributed by atoms with van der Waals surface area (Å²) >= 11 is 1.73. The van der Waals surface area contributed by atoms with E-state index in [4.69, 9.17) is 5.73 Å². The number of nitrogens with zero attached hydrogens (tertiary/aromatic N) is 3. The molecule has 3 heterocycles. The zero-order chi connectivity index (χ0) is 11.1. The van der Waals surface area contributed by atoms with Crippen molar-refractivity contribution in [2.24, 2.45) is 0 Å². The van der Waals surface area contributed by atoms with E-state index in [9.17, 15) is 0 Å². The molecule has 0 saturated heterocycles. The van der Waals surface area contributed by atoms with E-state index in [2.05, 4.69) is 29.1 Å². The summed E-state index contributed by atoms with van der Waals surface area (Å²) in [5.74, 6) is 0. The topological polar surface area (TPSA) is 56.2 Å². The van der Waals surface area contributed by atoms with Crippen LogP contribution in [-0.2, 0) is 0 Å². The minimum Gasteiger partial charge on any atom is -0.396 e. The Hall–Kier alpha value is -1.88. The standard InChI is InChI=1S/C11H10N4S/c1-7-2-3-10(16-7)9-4-11-13-5-8(12)6-15(11)14-9/h2-6H,12H2,1H3. The Balaban J connectivity index is 2.18. The van der Waals surface area contributed by atoms with Crippen molar-refractivity contribution in [2.75, 3.05) is 5.73 Å². The molecule has 0 fully saturated rings. The van der Waals surface area contributed by atoms with Crippen LogP contribution in [0.4, 0.5) is 5.69 Å². The third-order valence-corrected chi connectivity index (χ3v) is 3.35. The van der Waals surface area contributed by atoms with Gasteiger partial charge in [0.1, 0.15) is 5.69 Å². The molecular formula is C11H10N4S. The molecule has 0 radical (unpaired) electrons. The fourth-order valence-corrected chi connectivity index (χ4v) is 2.41. The van der Waals surface area contributed by atoms with Gasteiger partial charge in [-0.1, -0.05) is 0 Å². The van der Waals surface area contributed by atoms with Gasteiger partial charge in [0, 0.05) is 10.9 Å². The molecule has 2 N–H and O–H groups in total. The van der Waals surface area contributed by atoms with Gasteiger partial charge in [-0.2, -0.15) is 5.10 Å². The maximum absolute atomic E-state index is 5.66. The molecule has 4 nitrogen and oxygen atoms in total. The van der Waals surface area contributed by atoms with Gasteiger partial charge in [0.15, 0.2) is 5.65 Å². The van der Waals surface area contributed by atoms with Crippen molar-refractivity contribution >= 4 is 22.7 Å². The first-order valence-corrected chi connectivity index (χ1v) is 5.72. The molecule has 0 amide bonds. The van der Waals surface area contributed by atoms with Gasteiger partial charge >= 0.3 is 0 Å². The summed E-state index contributed by atoms with van der Waals surface area (Å²) < 4.78 is 1.71. The summed E-state index contributed by atoms with van der Waals surface area (Å²) in [4.78, 5) is 6.65. The smallest absolute Gasteiger partial charge is 0.155 e. The predicted octanol–water partition coefficient (Wildman–Crippen LogP) is 2.35. The highest BCUT2D eigenvalue weighted by atomic mass is 32.1. The lowest BCUT2D eigenvalue weighted by Gasteiger charge is -1.92. The van der Waals surface area contributed by atoms with E-state index in [0.717, 1.165) is 16.2 Å². The Morgan fingerprint density at radius 2 is 2.25 bits per heavy atom. The van der Waals surface area contributed by atoms with Gasteiger partial charge in [0.2, 0.25) is 0 Å². The fraction of sp³-hybridized carbons (Fsp3) is 0.0909. The number of nitrogens with two attached hydrogens (primary N) is 1. The number of nitrogen functional groups attached to an aromatic ring is 1. The molecule has 0 saturated carbocycles. The molecule has 0 aliphatic rings. The number of aromatic nitrogens is 3. The van der Waals surface area contributed by atoms with Crippen molar-refractivity contribution < 1.29 is 0 Å². The summed E-state index contributed by atoms with van der Waals surface area (Å²) in [5.41, 5.74) is 8.03. The van der Waals surface area contributed by atoms with Crippen LogP contribution in [0, 0.1) is 6.92 Å². The molecule has 16 heavy (non-hydrogen) atoms. The quantitative estimate of drug-likeness (QED) is 0.698. The third-order valence-electron chi connectivity index (χ3n) is 2.33. The van der Waals surface area contributed by atoms with Crippen LogP contribution in [0.5, 0.6) is 0 Å². The zero-order valence-electron chi connectivity index (χ0n) is 8.71. The van der Waals surface area contributed by atoms with Gasteiger partial charge in [0.05, 0.1) is 23.0 Å². The highest BCUT2D eigenvalue weighted by molar-refractivity contribution is 7.15. The second-order valence-electron chi connectivity index (χ2n) is 3.63. The van der Waals surface area contributed by atoms with Crippen molar-refractivity contribution in [2.45, 2.75) is 6.92 Å². The Kier molecular flexibility index (Phi) is 1.94. The van der Waals surface area contributed by atoms with Gasteiger partial charge in [-0.25, -0.2) is 9.50 Å². The number of hydrogen-bond acceptors (Lipinski definition) is 4. The lowest BCUT2D eigenvalue weighted by atomic mass is 10.3. The summed E-state index contributed by atoms with van der Waals surface area (Å²) in [6, 6.07) is 6.13. The van der Waals surface area contributed by atoms with E-state index in [0.29, 0.717) is 5.69 Å². The normalized spacial score (nSPS) is 11.1. The van der Waals surface area contributed by atoms with Crippen molar-refractivity contribution in [3.05, 3.63) is 35.5 Å². The van der Waals surface area contributed by atoms with E-state index in [1.54, 1.807) is 28.2 Å². The molecule has 3 aromatic rings. The lowest BCUT2D eigenvalue weighted by Crippen LogP contribution is -1.93. The van der Waals surface area contributed by atoms with Gasteiger partial charge in [-0.3, -0.25) is 0 Å². The minimum atomic E-state index is 0.615. The van der Waals surface area contributed by atoms with E-state index >= 15 is 0 Å². The van der Waals surface area contributed by atoms with E-state index < -0.39 is 0 Å². The fourth-order valence-electron chi connectivity index (χ4n) is 1.58. The summed E-state index contributed by atoms with van der Waals surface area (Å²) in [6.45, 7) is 2.08. The molecule has 0 atom stereocenters. The molecule has 80 valence electrons. The number of hydrogen-bond donors (Lipinski definition) is 1. The van der Waals surface area contributed by atoms with Crippen LogP contribution in [0.15, 0.2) is 30.6 Å². The maximum Gasteiger partial charge on any atom is 0.155 e. The average molecular weight is 230 g/mol. The van der Waals surface area contributed by atoms with Crippen molar-refractivity contribution in [3.63, 3.8) is 0 Å². The molecule has 0 bridgehead atoms. The highest BCUT2D eigenvalue weighted by Crippen LogP contribution is 2.27. The van der Waals surface area contributed by atoms with Gasteiger partial charge in [-0.15, -0.1) is 11.3 Å². The highest BCUT2D eigenvalue weighted by Gasteiger charge is 2.06. The second-order valence-corrected chi connectivity index (χ2v) is 4.92. The largest absolute Gasteiger partial charge is 0.396 e. The van der Waals surface area contributed by atoms with E-state index in [1.807, 2.05) is 6.07 Å². The monoisotopic (exact) mass is 230 g/mol. The Morgan fingerprint density at radius 1 is 1.38 bits per heavy atom. The van der Waals surface area contributed by atoms with Gasteiger partial charge < -0.3 is 5.73 Å². The van der Waals surface area contributed by atoms with E-state index in [1.165, 1.54) is 4.88 Å². The maximum atomic E-state index is 5.66. The number of thiophene rings is 1. The first kappa shape index (κ1) is 9.35. The van der Waals surface area contributed by atoms with Gasteiger partial charge in [-0.05, 0) is 19.1 Å². The molecule has 0 aliphatic carbocycles. The summed E-state index contributed by atoms with van der Waals surface area (Å²) in [5, 5.41) is 4.44. The third kappa shape index (κ3) is 1.45. The predicted molar refractivity (Wildman–Crippen MR) is 65.4 cm³/mol. The van der Waals surface area contributed by atoms with Crippen LogP contribution in [-0.4, -0.2) is 14.6 Å². The number of aryl methyl sites for hydroxylation is 1. The lowest BCUT2D eigenvalue weighted by molar-refractivity contribution is 0.947. The summed E-state index contributed by atoms with van der Waals surface area (Å²) in [6.07, 6.45) is 3.41. The second kappa shape index (κ2) is 3.31. The number of fused-ring (bicyclic) bond motifs is 1. The van der Waals surface area contributed by atoms with Crippen LogP contribution < -0.4 is 5.73 Å². The van der Waals surface area contributed by atoms with Crippen LogP contribution >= 0.6 is 11.3 Å². The molecule has 5 heteroatoms. The van der Waals surface area contributed by atoms with Crippen molar-refractivity contribution in [3.8, 4) is 10.6 Å². The first-order valence-electron chi connectivity index (χ1n) is 4.90. The molecule has 0 aromatic carbocycles. The Bertz CT molecular complexity index is 653. The molecular weight excluding hydrogens is 220 g/mol. The zero-order valence-corrected chi connectivity index (χ0v) is 9.53. The molecule has 3 aromatic heterocycles. The Morgan fingerprint density at radius 3 is 3.00 bits per heavy atom. The Labute approximate surface area is 96.4 Å². The molecule has 0 spiro atoms. The minimum absolute atomic E-state index is 0.615. The van der Waals surface area contributed by atoms with Crippen molar-refractivity contribution in [1.82, 2.24) is 14.6 Å².